The molecule has 2 heterocycles. The minimum absolute atomic E-state index is 0.0831. The molecule has 0 atom stereocenters. The minimum atomic E-state index is -3.58. The molecule has 2 fully saturated rings. The summed E-state index contributed by atoms with van der Waals surface area (Å²) in [4.78, 5) is 12.8. The zero-order valence-electron chi connectivity index (χ0n) is 16.3. The molecule has 29 heavy (non-hydrogen) atoms. The first kappa shape index (κ1) is 20.0. The maximum absolute atomic E-state index is 13.0. The SMILES string of the molecule is O=C(NC1CCCCC1)C1CCN(S(=O)(=O)c2ccc(-n3cnnn3)cc2)CC1. The molecule has 1 saturated carbocycles. The van der Waals surface area contributed by atoms with E-state index in [4.69, 9.17) is 0 Å². The lowest BCUT2D eigenvalue weighted by atomic mass is 9.93. The molecule has 156 valence electrons. The van der Waals surface area contributed by atoms with Gasteiger partial charge in [0.25, 0.3) is 0 Å². The Kier molecular flexibility index (Phi) is 5.91. The van der Waals surface area contributed by atoms with Crippen molar-refractivity contribution < 1.29 is 13.2 Å². The Balaban J connectivity index is 1.35. The Morgan fingerprint density at radius 1 is 1.00 bits per heavy atom. The molecule has 2 aliphatic rings. The van der Waals surface area contributed by atoms with Crippen LogP contribution < -0.4 is 5.32 Å². The quantitative estimate of drug-likeness (QED) is 0.788. The van der Waals surface area contributed by atoms with E-state index in [1.165, 1.54) is 34.6 Å². The molecule has 9 nitrogen and oxygen atoms in total. The van der Waals surface area contributed by atoms with Crippen LogP contribution in [-0.2, 0) is 14.8 Å². The summed E-state index contributed by atoms with van der Waals surface area (Å²) < 4.78 is 28.9. The third kappa shape index (κ3) is 4.48. The number of nitrogens with one attached hydrogen (secondary N) is 1. The monoisotopic (exact) mass is 418 g/mol. The van der Waals surface area contributed by atoms with Crippen molar-refractivity contribution in [3.8, 4) is 5.69 Å². The minimum Gasteiger partial charge on any atom is -0.353 e. The molecule has 0 bridgehead atoms. The van der Waals surface area contributed by atoms with Crippen LogP contribution in [0.3, 0.4) is 0 Å². The normalized spacial score (nSPS) is 19.9. The fourth-order valence-corrected chi connectivity index (χ4v) is 5.59. The second kappa shape index (κ2) is 8.58. The van der Waals surface area contributed by atoms with Gasteiger partial charge in [-0.05, 0) is 60.4 Å². The van der Waals surface area contributed by atoms with E-state index in [1.54, 1.807) is 24.3 Å². The fourth-order valence-electron chi connectivity index (χ4n) is 4.12. The van der Waals surface area contributed by atoms with Crippen molar-refractivity contribution >= 4 is 15.9 Å². The van der Waals surface area contributed by atoms with Crippen molar-refractivity contribution in [2.45, 2.75) is 55.9 Å². The average molecular weight is 419 g/mol. The van der Waals surface area contributed by atoms with E-state index in [0.717, 1.165) is 12.8 Å². The molecule has 1 aliphatic carbocycles. The second-order valence-corrected chi connectivity index (χ2v) is 9.71. The third-order valence-electron chi connectivity index (χ3n) is 5.86. The van der Waals surface area contributed by atoms with Crippen molar-refractivity contribution in [1.29, 1.82) is 0 Å². The standard InChI is InChI=1S/C19H26N6O3S/c26-19(21-16-4-2-1-3-5-16)15-10-12-24(13-11-15)29(27,28)18-8-6-17(7-9-18)25-14-20-22-23-25/h6-9,14-16H,1-5,10-13H2,(H,21,26). The van der Waals surface area contributed by atoms with Crippen LogP contribution in [0.4, 0.5) is 0 Å². The zero-order chi connectivity index (χ0) is 20.3. The van der Waals surface area contributed by atoms with Crippen LogP contribution in [0.2, 0.25) is 0 Å². The number of carbonyl (C=O) groups excluding carboxylic acids is 1. The summed E-state index contributed by atoms with van der Waals surface area (Å²) >= 11 is 0. The highest BCUT2D eigenvalue weighted by Crippen LogP contribution is 2.25. The molecule has 0 unspecified atom stereocenters. The molecule has 1 aromatic heterocycles. The van der Waals surface area contributed by atoms with Gasteiger partial charge in [0, 0.05) is 25.0 Å². The number of aromatic nitrogens is 4. The van der Waals surface area contributed by atoms with E-state index in [9.17, 15) is 13.2 Å². The number of sulfonamides is 1. The molecule has 2 aromatic rings. The molecule has 0 radical (unpaired) electrons. The van der Waals surface area contributed by atoms with Gasteiger partial charge in [-0.3, -0.25) is 4.79 Å². The van der Waals surface area contributed by atoms with Crippen molar-refractivity contribution in [3.05, 3.63) is 30.6 Å². The number of hydrogen-bond donors (Lipinski definition) is 1. The van der Waals surface area contributed by atoms with Gasteiger partial charge in [0.05, 0.1) is 10.6 Å². The van der Waals surface area contributed by atoms with Gasteiger partial charge in [-0.15, -0.1) is 5.10 Å². The van der Waals surface area contributed by atoms with E-state index >= 15 is 0 Å². The van der Waals surface area contributed by atoms with Crippen LogP contribution in [0.5, 0.6) is 0 Å². The van der Waals surface area contributed by atoms with Gasteiger partial charge >= 0.3 is 0 Å². The van der Waals surface area contributed by atoms with E-state index in [1.807, 2.05) is 0 Å². The highest BCUT2D eigenvalue weighted by atomic mass is 32.2. The molecule has 1 aliphatic heterocycles. The third-order valence-corrected chi connectivity index (χ3v) is 7.78. The summed E-state index contributed by atoms with van der Waals surface area (Å²) in [6, 6.07) is 6.76. The molecular weight excluding hydrogens is 392 g/mol. The van der Waals surface area contributed by atoms with E-state index in [-0.39, 0.29) is 22.8 Å². The van der Waals surface area contributed by atoms with E-state index < -0.39 is 10.0 Å². The van der Waals surface area contributed by atoms with Gasteiger partial charge in [-0.25, -0.2) is 13.1 Å². The Hall–Kier alpha value is -2.33. The van der Waals surface area contributed by atoms with E-state index in [0.29, 0.717) is 31.6 Å². The van der Waals surface area contributed by atoms with Crippen LogP contribution in [0.15, 0.2) is 35.5 Å². The van der Waals surface area contributed by atoms with Crippen LogP contribution >= 0.6 is 0 Å². The average Bonchev–Trinajstić information content (AvgIpc) is 3.30. The Morgan fingerprint density at radius 2 is 1.69 bits per heavy atom. The first-order valence-electron chi connectivity index (χ1n) is 10.2. The van der Waals surface area contributed by atoms with Crippen LogP contribution in [-0.4, -0.2) is 58.0 Å². The summed E-state index contributed by atoms with van der Waals surface area (Å²) in [5.41, 5.74) is 0.687. The smallest absolute Gasteiger partial charge is 0.243 e. The van der Waals surface area contributed by atoms with Gasteiger partial charge in [0.2, 0.25) is 15.9 Å². The van der Waals surface area contributed by atoms with E-state index in [2.05, 4.69) is 20.8 Å². The first-order chi connectivity index (χ1) is 14.0. The Labute approximate surface area is 170 Å². The fraction of sp³-hybridized carbons (Fsp3) is 0.579. The number of hydrogen-bond acceptors (Lipinski definition) is 6. The maximum atomic E-state index is 13.0. The molecule has 1 N–H and O–H groups in total. The predicted octanol–water partition coefficient (Wildman–Crippen LogP) is 1.51. The summed E-state index contributed by atoms with van der Waals surface area (Å²) in [6.45, 7) is 0.722. The number of nitrogens with zero attached hydrogens (tertiary/aromatic N) is 5. The number of amides is 1. The molecule has 1 amide bonds. The van der Waals surface area contributed by atoms with Crippen molar-refractivity contribution in [1.82, 2.24) is 29.8 Å². The topological polar surface area (TPSA) is 110 Å². The highest BCUT2D eigenvalue weighted by Gasteiger charge is 2.32. The zero-order valence-corrected chi connectivity index (χ0v) is 17.1. The first-order valence-corrected chi connectivity index (χ1v) is 11.6. The van der Waals surface area contributed by atoms with Crippen LogP contribution in [0.25, 0.3) is 5.69 Å². The molecular formula is C19H26N6O3S. The lowest BCUT2D eigenvalue weighted by Gasteiger charge is -2.32. The maximum Gasteiger partial charge on any atom is 0.243 e. The summed E-state index contributed by atoms with van der Waals surface area (Å²) in [6.07, 6.45) is 8.27. The van der Waals surface area contributed by atoms with Gasteiger partial charge in [0.15, 0.2) is 0 Å². The number of rotatable bonds is 5. The highest BCUT2D eigenvalue weighted by molar-refractivity contribution is 7.89. The summed E-state index contributed by atoms with van der Waals surface area (Å²) in [5.74, 6) is -0.0229. The van der Waals surface area contributed by atoms with Crippen LogP contribution in [0, 0.1) is 5.92 Å². The number of piperidine rings is 1. The summed E-state index contributed by atoms with van der Waals surface area (Å²) in [5, 5.41) is 14.1. The van der Waals surface area contributed by atoms with Crippen molar-refractivity contribution in [2.75, 3.05) is 13.1 Å². The van der Waals surface area contributed by atoms with Gasteiger partial charge in [-0.1, -0.05) is 19.3 Å². The Bertz CT molecular complexity index is 915. The summed E-state index contributed by atoms with van der Waals surface area (Å²) in [7, 11) is -3.58. The predicted molar refractivity (Wildman–Crippen MR) is 106 cm³/mol. The number of benzene rings is 1. The molecule has 1 aromatic carbocycles. The van der Waals surface area contributed by atoms with Crippen molar-refractivity contribution in [3.63, 3.8) is 0 Å². The molecule has 0 spiro atoms. The lowest BCUT2D eigenvalue weighted by molar-refractivity contribution is -0.127. The largest absolute Gasteiger partial charge is 0.353 e. The Morgan fingerprint density at radius 3 is 2.31 bits per heavy atom. The number of tetrazole rings is 1. The van der Waals surface area contributed by atoms with Gasteiger partial charge < -0.3 is 5.32 Å². The van der Waals surface area contributed by atoms with Gasteiger partial charge in [0.1, 0.15) is 6.33 Å². The molecule has 10 heteroatoms. The van der Waals surface area contributed by atoms with Gasteiger partial charge in [-0.2, -0.15) is 4.31 Å². The molecule has 1 saturated heterocycles. The van der Waals surface area contributed by atoms with Crippen molar-refractivity contribution in [2.24, 2.45) is 5.92 Å². The molecule has 4 rings (SSSR count). The van der Waals surface area contributed by atoms with Crippen LogP contribution in [0.1, 0.15) is 44.9 Å². The second-order valence-electron chi connectivity index (χ2n) is 7.77. The number of carbonyl (C=O) groups is 1. The lowest BCUT2D eigenvalue weighted by Crippen LogP contribution is -2.45.